The van der Waals surface area contributed by atoms with Crippen LogP contribution in [-0.2, 0) is 41.6 Å². The fourth-order valence-electron chi connectivity index (χ4n) is 6.03. The molecular weight excluding hydrogens is 604 g/mol. The van der Waals surface area contributed by atoms with Crippen molar-refractivity contribution in [1.29, 1.82) is 0 Å². The minimum atomic E-state index is -1.11. The van der Waals surface area contributed by atoms with Crippen LogP contribution in [0.2, 0.25) is 0 Å². The van der Waals surface area contributed by atoms with Crippen molar-refractivity contribution >= 4 is 40.4 Å². The third-order valence-electron chi connectivity index (χ3n) is 8.42. The molecule has 5 N–H and O–H groups in total. The molecule has 2 aromatic carbocycles. The average Bonchev–Trinajstić information content (AvgIpc) is 3.65. The first-order valence-electron chi connectivity index (χ1n) is 15.9. The zero-order chi connectivity index (χ0) is 33.5. The molecule has 1 aromatic heterocycles. The van der Waals surface area contributed by atoms with E-state index in [2.05, 4.69) is 20.9 Å². The lowest BCUT2D eigenvalue weighted by Crippen LogP contribution is -2.57. The fourth-order valence-corrected chi connectivity index (χ4v) is 6.03. The van der Waals surface area contributed by atoms with Gasteiger partial charge in [-0.25, -0.2) is 0 Å². The largest absolute Gasteiger partial charge is 0.391 e. The number of hydrogen-bond acceptors (Lipinski definition) is 7. The van der Waals surface area contributed by atoms with Gasteiger partial charge in [-0.15, -0.1) is 0 Å². The summed E-state index contributed by atoms with van der Waals surface area (Å²) in [6.45, 7) is 2.80. The van der Waals surface area contributed by atoms with Crippen molar-refractivity contribution in [3.8, 4) is 0 Å². The van der Waals surface area contributed by atoms with Crippen LogP contribution in [0.4, 0.5) is 0 Å². The van der Waals surface area contributed by atoms with Crippen molar-refractivity contribution in [3.05, 3.63) is 71.9 Å². The van der Waals surface area contributed by atoms with E-state index in [1.807, 2.05) is 54.6 Å². The molecule has 2 aliphatic rings. The van der Waals surface area contributed by atoms with Gasteiger partial charge in [-0.1, -0.05) is 48.5 Å². The summed E-state index contributed by atoms with van der Waals surface area (Å²) in [5, 5.41) is 19.9. The zero-order valence-corrected chi connectivity index (χ0v) is 26.6. The van der Waals surface area contributed by atoms with Gasteiger partial charge >= 0.3 is 0 Å². The van der Waals surface area contributed by atoms with E-state index in [0.717, 1.165) is 22.0 Å². The van der Waals surface area contributed by atoms with E-state index in [1.165, 1.54) is 9.80 Å². The molecule has 0 bridgehead atoms. The number of benzene rings is 2. The number of ether oxygens (including phenoxy) is 1. The van der Waals surface area contributed by atoms with Crippen LogP contribution in [-0.4, -0.2) is 113 Å². The number of carbonyl (C=O) groups is 5. The summed E-state index contributed by atoms with van der Waals surface area (Å²) in [6, 6.07) is 13.6. The molecule has 0 radical (unpaired) electrons. The Bertz CT molecular complexity index is 1590. The number of aromatic nitrogens is 1. The van der Waals surface area contributed by atoms with Gasteiger partial charge in [-0.05, 0) is 31.0 Å². The number of fused-ring (bicyclic) bond motifs is 2. The summed E-state index contributed by atoms with van der Waals surface area (Å²) in [7, 11) is 0. The number of hydrogen-bond donors (Lipinski definition) is 5. The van der Waals surface area contributed by atoms with Crippen molar-refractivity contribution in [2.45, 2.75) is 63.4 Å². The van der Waals surface area contributed by atoms with Gasteiger partial charge in [0.05, 0.1) is 18.8 Å². The maximum absolute atomic E-state index is 14.2. The van der Waals surface area contributed by atoms with Crippen LogP contribution in [0.15, 0.2) is 60.8 Å². The van der Waals surface area contributed by atoms with Crippen LogP contribution in [0.25, 0.3) is 10.9 Å². The molecule has 3 heterocycles. The summed E-state index contributed by atoms with van der Waals surface area (Å²) in [4.78, 5) is 73.8. The minimum absolute atomic E-state index is 0.00649. The smallest absolute Gasteiger partial charge is 0.249 e. The maximum atomic E-state index is 14.2. The molecule has 5 amide bonds. The third kappa shape index (κ3) is 8.54. The van der Waals surface area contributed by atoms with Crippen molar-refractivity contribution in [3.63, 3.8) is 0 Å². The third-order valence-corrected chi connectivity index (χ3v) is 8.42. The summed E-state index contributed by atoms with van der Waals surface area (Å²) in [5.74, 6) is -2.67. The number of para-hydroxylation sites is 1. The molecule has 4 atom stereocenters. The standard InChI is InChI=1S/C34H42N6O7/c1-21(2)47-20-31(43)39-13-12-35-32(44)27(14-22-8-4-3-5-9-22)38-33(45)29-16-24(41)18-40(29)34(46)28(37-30(42)19-39)15-23-17-36-26-11-7-6-10-25(23)26/h3-11,17,21,24,27-29,36,41H,12-16,18-20H2,1-2H3,(H,35,44)(H,37,42)(H,38,45)/t24-,27+,28-,29+/m1/s1. The highest BCUT2D eigenvalue weighted by Gasteiger charge is 2.42. The highest BCUT2D eigenvalue weighted by atomic mass is 16.5. The topological polar surface area (TPSA) is 173 Å². The Morgan fingerprint density at radius 1 is 0.957 bits per heavy atom. The Labute approximate surface area is 273 Å². The van der Waals surface area contributed by atoms with E-state index in [4.69, 9.17) is 4.74 Å². The number of nitrogens with zero attached hydrogens (tertiary/aromatic N) is 2. The maximum Gasteiger partial charge on any atom is 0.249 e. The Morgan fingerprint density at radius 3 is 2.47 bits per heavy atom. The number of amides is 5. The molecule has 5 rings (SSSR count). The number of nitrogens with one attached hydrogen (secondary N) is 4. The summed E-state index contributed by atoms with van der Waals surface area (Å²) >= 11 is 0. The quantitative estimate of drug-likeness (QED) is 0.245. The molecule has 13 nitrogen and oxygen atoms in total. The summed E-state index contributed by atoms with van der Waals surface area (Å²) in [5.41, 5.74) is 2.44. The number of carbonyl (C=O) groups excluding carboxylic acids is 5. The Kier molecular flexibility index (Phi) is 10.9. The van der Waals surface area contributed by atoms with E-state index in [9.17, 15) is 29.1 Å². The van der Waals surface area contributed by atoms with Crippen molar-refractivity contribution in [1.82, 2.24) is 30.7 Å². The second kappa shape index (κ2) is 15.2. The van der Waals surface area contributed by atoms with Gasteiger partial charge in [0.15, 0.2) is 0 Å². The lowest BCUT2D eigenvalue weighted by atomic mass is 10.0. The molecular formula is C34H42N6O7. The number of H-pyrrole nitrogens is 1. The van der Waals surface area contributed by atoms with Gasteiger partial charge in [-0.2, -0.15) is 0 Å². The molecule has 13 heteroatoms. The predicted molar refractivity (Wildman–Crippen MR) is 173 cm³/mol. The van der Waals surface area contributed by atoms with Gasteiger partial charge in [0.2, 0.25) is 29.5 Å². The summed E-state index contributed by atoms with van der Waals surface area (Å²) < 4.78 is 5.50. The highest BCUT2D eigenvalue weighted by Crippen LogP contribution is 2.23. The van der Waals surface area contributed by atoms with Crippen molar-refractivity contribution < 1.29 is 33.8 Å². The second-order valence-corrected chi connectivity index (χ2v) is 12.3. The molecule has 2 saturated heterocycles. The average molecular weight is 647 g/mol. The number of aliphatic hydroxyl groups is 1. The van der Waals surface area contributed by atoms with Gasteiger partial charge < -0.3 is 40.6 Å². The molecule has 2 fully saturated rings. The molecule has 250 valence electrons. The number of aliphatic hydroxyl groups excluding tert-OH is 1. The molecule has 0 spiro atoms. The van der Waals surface area contributed by atoms with E-state index >= 15 is 0 Å². The van der Waals surface area contributed by atoms with Crippen LogP contribution in [0.5, 0.6) is 0 Å². The fraction of sp³-hybridized carbons (Fsp3) is 0.441. The van der Waals surface area contributed by atoms with Crippen LogP contribution in [0.3, 0.4) is 0 Å². The summed E-state index contributed by atoms with van der Waals surface area (Å²) in [6.07, 6.45) is 0.816. The SMILES string of the molecule is CC(C)OCC(=O)N1CCNC(=O)[C@H](Cc2ccccc2)NC(=O)[C@@H]2C[C@@H](O)CN2C(=O)[C@@H](Cc2c[nH]c3ccccc23)NC(=O)C1. The first-order chi connectivity index (χ1) is 22.6. The number of rotatable bonds is 7. The van der Waals surface area contributed by atoms with Crippen molar-refractivity contribution in [2.24, 2.45) is 0 Å². The van der Waals surface area contributed by atoms with Gasteiger partial charge in [-0.3, -0.25) is 24.0 Å². The van der Waals surface area contributed by atoms with Gasteiger partial charge in [0, 0.05) is 56.0 Å². The highest BCUT2D eigenvalue weighted by molar-refractivity contribution is 5.96. The molecule has 47 heavy (non-hydrogen) atoms. The Morgan fingerprint density at radius 2 is 1.70 bits per heavy atom. The first kappa shape index (κ1) is 33.6. The normalized spacial score (nSPS) is 23.1. The Hall–Kier alpha value is -4.75. The molecule has 0 unspecified atom stereocenters. The molecule has 0 aliphatic carbocycles. The molecule has 3 aromatic rings. The van der Waals surface area contributed by atoms with E-state index in [0.29, 0.717) is 0 Å². The van der Waals surface area contributed by atoms with E-state index in [1.54, 1.807) is 20.0 Å². The lowest BCUT2D eigenvalue weighted by Gasteiger charge is -2.30. The minimum Gasteiger partial charge on any atom is -0.391 e. The predicted octanol–water partition coefficient (Wildman–Crippen LogP) is 0.268. The first-order valence-corrected chi connectivity index (χ1v) is 15.9. The van der Waals surface area contributed by atoms with Gasteiger partial charge in [0.25, 0.3) is 0 Å². The van der Waals surface area contributed by atoms with E-state index < -0.39 is 53.8 Å². The van der Waals surface area contributed by atoms with Gasteiger partial charge in [0.1, 0.15) is 24.7 Å². The Balaban J connectivity index is 1.47. The zero-order valence-electron chi connectivity index (χ0n) is 26.6. The van der Waals surface area contributed by atoms with Crippen LogP contribution < -0.4 is 16.0 Å². The monoisotopic (exact) mass is 646 g/mol. The van der Waals surface area contributed by atoms with Crippen LogP contribution in [0.1, 0.15) is 31.4 Å². The van der Waals surface area contributed by atoms with Crippen LogP contribution in [0, 0.1) is 0 Å². The van der Waals surface area contributed by atoms with Crippen LogP contribution >= 0.6 is 0 Å². The van der Waals surface area contributed by atoms with E-state index in [-0.39, 0.29) is 58.2 Å². The molecule has 2 aliphatic heterocycles. The second-order valence-electron chi connectivity index (χ2n) is 12.3. The lowest BCUT2D eigenvalue weighted by molar-refractivity contribution is -0.143. The molecule has 0 saturated carbocycles. The van der Waals surface area contributed by atoms with Crippen molar-refractivity contribution in [2.75, 3.05) is 32.8 Å². The number of aromatic amines is 1.